The molecular weight excluding hydrogens is 518 g/mol. The fraction of sp³-hybridized carbons (Fsp3) is 0.143. The summed E-state index contributed by atoms with van der Waals surface area (Å²) in [6.07, 6.45) is 1.51. The Kier molecular flexibility index (Phi) is 7.31. The predicted octanol–water partition coefficient (Wildman–Crippen LogP) is 5.90. The Bertz CT molecular complexity index is 1580. The van der Waals surface area contributed by atoms with Crippen molar-refractivity contribution in [3.05, 3.63) is 100 Å². The number of amides is 2. The van der Waals surface area contributed by atoms with Gasteiger partial charge in [-0.15, -0.1) is 0 Å². The van der Waals surface area contributed by atoms with E-state index < -0.39 is 5.92 Å². The predicted molar refractivity (Wildman–Crippen MR) is 150 cm³/mol. The van der Waals surface area contributed by atoms with Gasteiger partial charge in [0.1, 0.15) is 5.76 Å². The first-order valence-corrected chi connectivity index (χ1v) is 13.5. The molecule has 2 amide bonds. The van der Waals surface area contributed by atoms with Gasteiger partial charge in [-0.2, -0.15) is 5.26 Å². The van der Waals surface area contributed by atoms with Crippen molar-refractivity contribution in [1.29, 1.82) is 5.26 Å². The van der Waals surface area contributed by atoms with Crippen LogP contribution in [0.4, 0.5) is 10.8 Å². The number of aryl methyl sites for hydroxylation is 1. The number of benzene rings is 2. The fourth-order valence-corrected chi connectivity index (χ4v) is 5.88. The molecule has 0 spiro atoms. The van der Waals surface area contributed by atoms with Crippen LogP contribution in [0, 0.1) is 18.3 Å². The van der Waals surface area contributed by atoms with E-state index in [4.69, 9.17) is 4.42 Å². The van der Waals surface area contributed by atoms with E-state index in [1.165, 1.54) is 29.4 Å². The van der Waals surface area contributed by atoms with E-state index in [1.54, 1.807) is 19.1 Å². The number of nitrogens with zero attached hydrogens (tertiary/aromatic N) is 2. The van der Waals surface area contributed by atoms with Gasteiger partial charge in [-0.05, 0) is 50.2 Å². The number of carbonyl (C=O) groups is 2. The number of rotatable bonds is 7. The molecule has 3 N–H and O–H groups in total. The summed E-state index contributed by atoms with van der Waals surface area (Å²) in [5, 5.41) is 20.1. The number of fused-ring (bicyclic) bond motifs is 1. The first kappa shape index (κ1) is 25.3. The molecule has 8 nitrogen and oxygen atoms in total. The van der Waals surface area contributed by atoms with Gasteiger partial charge in [0, 0.05) is 11.4 Å². The molecule has 10 heteroatoms. The van der Waals surface area contributed by atoms with Crippen LogP contribution in [0.5, 0.6) is 0 Å². The molecule has 0 aliphatic carbocycles. The normalized spacial score (nSPS) is 15.2. The van der Waals surface area contributed by atoms with Crippen molar-refractivity contribution in [2.24, 2.45) is 0 Å². The molecule has 0 fully saturated rings. The Hall–Kier alpha value is -4.33. The molecule has 0 saturated heterocycles. The molecule has 2 aromatic carbocycles. The average Bonchev–Trinajstić information content (AvgIpc) is 3.58. The molecule has 1 aliphatic rings. The lowest BCUT2D eigenvalue weighted by atomic mass is 9.85. The van der Waals surface area contributed by atoms with Crippen LogP contribution >= 0.6 is 23.1 Å². The van der Waals surface area contributed by atoms with Gasteiger partial charge in [-0.3, -0.25) is 14.9 Å². The lowest BCUT2D eigenvalue weighted by Gasteiger charge is -2.28. The van der Waals surface area contributed by atoms with Gasteiger partial charge in [0.25, 0.3) is 5.91 Å². The minimum Gasteiger partial charge on any atom is -0.468 e. The zero-order chi connectivity index (χ0) is 26.6. The first-order valence-electron chi connectivity index (χ1n) is 11.7. The van der Waals surface area contributed by atoms with Gasteiger partial charge in [-0.25, -0.2) is 4.98 Å². The molecule has 4 aromatic rings. The fourth-order valence-electron chi connectivity index (χ4n) is 4.13. The number of nitriles is 1. The van der Waals surface area contributed by atoms with Crippen LogP contribution in [0.1, 0.15) is 24.2 Å². The van der Waals surface area contributed by atoms with Crippen LogP contribution in [-0.2, 0) is 9.59 Å². The van der Waals surface area contributed by atoms with Gasteiger partial charge >= 0.3 is 0 Å². The number of furan rings is 1. The second-order valence-electron chi connectivity index (χ2n) is 8.61. The molecule has 2 aromatic heterocycles. The molecular formula is C28H23N5O3S2. The number of para-hydroxylation sites is 1. The highest BCUT2D eigenvalue weighted by Crippen LogP contribution is 2.41. The van der Waals surface area contributed by atoms with E-state index in [2.05, 4.69) is 27.0 Å². The van der Waals surface area contributed by atoms with Crippen LogP contribution in [0.15, 0.2) is 93.2 Å². The number of hydrogen-bond donors (Lipinski definition) is 3. The van der Waals surface area contributed by atoms with Crippen LogP contribution in [0.25, 0.3) is 10.2 Å². The Balaban J connectivity index is 1.39. The number of hydrogen-bond acceptors (Lipinski definition) is 8. The topological polar surface area (TPSA) is 120 Å². The Morgan fingerprint density at radius 2 is 1.89 bits per heavy atom. The average molecular weight is 542 g/mol. The van der Waals surface area contributed by atoms with Crippen LogP contribution in [0.2, 0.25) is 0 Å². The lowest BCUT2D eigenvalue weighted by Crippen LogP contribution is -2.31. The van der Waals surface area contributed by atoms with Crippen molar-refractivity contribution < 1.29 is 14.0 Å². The van der Waals surface area contributed by atoms with E-state index in [1.807, 2.05) is 55.5 Å². The first-order chi connectivity index (χ1) is 18.4. The minimum absolute atomic E-state index is 0.0762. The summed E-state index contributed by atoms with van der Waals surface area (Å²) in [4.78, 5) is 30.6. The van der Waals surface area contributed by atoms with Crippen molar-refractivity contribution in [3.63, 3.8) is 0 Å². The molecule has 0 saturated carbocycles. The third-order valence-corrected chi connectivity index (χ3v) is 7.89. The minimum atomic E-state index is -0.742. The molecule has 1 atom stereocenters. The molecule has 5 rings (SSSR count). The molecule has 1 aliphatic heterocycles. The quantitative estimate of drug-likeness (QED) is 0.266. The SMILES string of the molecule is CC1=C(C(=O)Nc2nc3ccccc3s2)[C@@H](c2ccco2)C(C#N)=C(SCC(=O)Nc2ccc(C)cc2)N1. The van der Waals surface area contributed by atoms with E-state index in [0.717, 1.165) is 15.8 Å². The second-order valence-corrected chi connectivity index (χ2v) is 10.6. The van der Waals surface area contributed by atoms with Crippen molar-refractivity contribution in [3.8, 4) is 6.07 Å². The van der Waals surface area contributed by atoms with E-state index in [-0.39, 0.29) is 17.6 Å². The van der Waals surface area contributed by atoms with E-state index in [9.17, 15) is 14.9 Å². The highest BCUT2D eigenvalue weighted by Gasteiger charge is 2.36. The van der Waals surface area contributed by atoms with E-state index >= 15 is 0 Å². The summed E-state index contributed by atoms with van der Waals surface area (Å²) >= 11 is 2.58. The Labute approximate surface area is 227 Å². The maximum absolute atomic E-state index is 13.5. The number of nitrogens with one attached hydrogen (secondary N) is 3. The van der Waals surface area contributed by atoms with Gasteiger partial charge < -0.3 is 15.1 Å². The molecule has 3 heterocycles. The zero-order valence-corrected chi connectivity index (χ0v) is 22.2. The summed E-state index contributed by atoms with van der Waals surface area (Å²) in [6.45, 7) is 3.75. The smallest absolute Gasteiger partial charge is 0.256 e. The van der Waals surface area contributed by atoms with Gasteiger partial charge in [0.15, 0.2) is 5.13 Å². The summed E-state index contributed by atoms with van der Waals surface area (Å²) in [6, 6.07) is 20.8. The van der Waals surface area contributed by atoms with Gasteiger partial charge in [0.05, 0.1) is 50.4 Å². The number of thioether (sulfide) groups is 1. The van der Waals surface area contributed by atoms with Crippen molar-refractivity contribution in [2.45, 2.75) is 19.8 Å². The third-order valence-electron chi connectivity index (χ3n) is 5.92. The summed E-state index contributed by atoms with van der Waals surface area (Å²) in [5.41, 5.74) is 3.80. The highest BCUT2D eigenvalue weighted by atomic mass is 32.2. The van der Waals surface area contributed by atoms with Crippen molar-refractivity contribution in [2.75, 3.05) is 16.4 Å². The summed E-state index contributed by atoms with van der Waals surface area (Å²) < 4.78 is 6.62. The summed E-state index contributed by atoms with van der Waals surface area (Å²) in [7, 11) is 0. The molecule has 0 radical (unpaired) electrons. The molecule has 0 unspecified atom stereocenters. The van der Waals surface area contributed by atoms with Crippen LogP contribution in [-0.4, -0.2) is 22.6 Å². The van der Waals surface area contributed by atoms with Crippen molar-refractivity contribution >= 4 is 55.9 Å². The highest BCUT2D eigenvalue weighted by molar-refractivity contribution is 8.03. The number of carbonyl (C=O) groups excluding carboxylic acids is 2. The van der Waals surface area contributed by atoms with Crippen LogP contribution < -0.4 is 16.0 Å². The Morgan fingerprint density at radius 3 is 2.61 bits per heavy atom. The Morgan fingerprint density at radius 1 is 1.11 bits per heavy atom. The maximum atomic E-state index is 13.5. The number of dihydropyridines is 1. The number of anilines is 2. The largest absolute Gasteiger partial charge is 0.468 e. The summed E-state index contributed by atoms with van der Waals surface area (Å²) in [5.74, 6) is -0.801. The zero-order valence-electron chi connectivity index (χ0n) is 20.6. The van der Waals surface area contributed by atoms with Gasteiger partial charge in [-0.1, -0.05) is 52.9 Å². The van der Waals surface area contributed by atoms with Crippen molar-refractivity contribution in [1.82, 2.24) is 10.3 Å². The number of aromatic nitrogens is 1. The second kappa shape index (κ2) is 11.0. The standard InChI is InChI=1S/C28H23N5O3S2/c1-16-9-11-18(12-10-16)31-23(34)15-37-27-19(14-29)25(21-7-5-13-36-21)24(17(2)30-27)26(35)33-28-32-20-6-3-4-8-22(20)38-28/h3-13,25,30H,15H2,1-2H3,(H,31,34)(H,32,33,35)/t25-/m1/s1. The van der Waals surface area contributed by atoms with Crippen LogP contribution in [0.3, 0.4) is 0 Å². The maximum Gasteiger partial charge on any atom is 0.256 e. The molecule has 38 heavy (non-hydrogen) atoms. The number of thiazole rings is 1. The van der Waals surface area contributed by atoms with E-state index in [0.29, 0.717) is 38.5 Å². The number of allylic oxidation sites excluding steroid dienone is 2. The third kappa shape index (κ3) is 5.34. The van der Waals surface area contributed by atoms with Gasteiger partial charge in [0.2, 0.25) is 5.91 Å². The molecule has 190 valence electrons. The monoisotopic (exact) mass is 541 g/mol. The molecule has 0 bridgehead atoms. The lowest BCUT2D eigenvalue weighted by molar-refractivity contribution is -0.114.